The van der Waals surface area contributed by atoms with Crippen molar-refractivity contribution in [2.75, 3.05) is 13.1 Å². The fraction of sp³-hybridized carbons (Fsp3) is 0.800. The van der Waals surface area contributed by atoms with Crippen molar-refractivity contribution < 1.29 is 14.1 Å². The molecule has 3 saturated heterocycles. The van der Waals surface area contributed by atoms with Crippen molar-refractivity contribution >= 4 is 5.91 Å². The van der Waals surface area contributed by atoms with Gasteiger partial charge in [0.15, 0.2) is 0 Å². The van der Waals surface area contributed by atoms with Crippen LogP contribution in [-0.4, -0.2) is 47.3 Å². The van der Waals surface area contributed by atoms with Gasteiger partial charge >= 0.3 is 0 Å². The molecule has 1 aliphatic carbocycles. The second-order valence-electron chi connectivity index (χ2n) is 8.87. The first-order chi connectivity index (χ1) is 12.7. The van der Waals surface area contributed by atoms with E-state index < -0.39 is 0 Å². The first kappa shape index (κ1) is 16.8. The Bertz CT molecular complexity index is 675. The van der Waals surface area contributed by atoms with Crippen LogP contribution >= 0.6 is 0 Å². The van der Waals surface area contributed by atoms with Gasteiger partial charge in [-0.25, -0.2) is 0 Å². The number of carbonyl (C=O) groups is 1. The molecule has 1 aromatic heterocycles. The monoisotopic (exact) mass is 359 g/mol. The fourth-order valence-corrected chi connectivity index (χ4v) is 5.72. The van der Waals surface area contributed by atoms with Gasteiger partial charge in [-0.3, -0.25) is 9.69 Å². The van der Waals surface area contributed by atoms with Crippen LogP contribution < -0.4 is 5.32 Å². The van der Waals surface area contributed by atoms with E-state index in [1.165, 1.54) is 12.0 Å². The van der Waals surface area contributed by atoms with E-state index in [2.05, 4.69) is 15.4 Å². The summed E-state index contributed by atoms with van der Waals surface area (Å²) in [6.07, 6.45) is 8.91. The Balaban J connectivity index is 1.14. The second kappa shape index (κ2) is 6.64. The van der Waals surface area contributed by atoms with Gasteiger partial charge in [0.25, 0.3) is 0 Å². The van der Waals surface area contributed by atoms with Crippen LogP contribution in [0.3, 0.4) is 0 Å². The summed E-state index contributed by atoms with van der Waals surface area (Å²) in [5.74, 6) is 1.82. The standard InChI is InChI=1S/C20H29N3O3/c1-12-15(11-25-22-12)10-23-8-13-2-3-16(6-14(13)9-23)21-20(24)18-7-17-4-5-19(18)26-17/h11,13-14,16-19H,2-10H2,1H3,(H,21,24). The molecule has 6 atom stereocenters. The minimum atomic E-state index is 0.100. The van der Waals surface area contributed by atoms with Gasteiger partial charge in [-0.05, 0) is 57.3 Å². The Morgan fingerprint density at radius 3 is 2.85 bits per heavy atom. The third-order valence-electron chi connectivity index (χ3n) is 7.16. The highest BCUT2D eigenvalue weighted by Crippen LogP contribution is 2.40. The SMILES string of the molecule is Cc1nocc1CN1CC2CCC(NC(=O)C3CC4CCC3O4)CC2C1. The van der Waals surface area contributed by atoms with Crippen LogP contribution in [0.2, 0.25) is 0 Å². The van der Waals surface area contributed by atoms with Crippen LogP contribution in [0.1, 0.15) is 49.8 Å². The molecule has 1 saturated carbocycles. The third-order valence-corrected chi connectivity index (χ3v) is 7.16. The highest BCUT2D eigenvalue weighted by Gasteiger charge is 2.45. The molecular weight excluding hydrogens is 330 g/mol. The molecule has 5 rings (SSSR count). The Kier molecular flexibility index (Phi) is 4.28. The van der Waals surface area contributed by atoms with Crippen LogP contribution in [0.5, 0.6) is 0 Å². The van der Waals surface area contributed by atoms with Gasteiger partial charge in [0.1, 0.15) is 6.26 Å². The lowest BCUT2D eigenvalue weighted by atomic mass is 9.79. The largest absolute Gasteiger partial charge is 0.374 e. The molecule has 2 bridgehead atoms. The first-order valence-corrected chi connectivity index (χ1v) is 10.2. The summed E-state index contributed by atoms with van der Waals surface area (Å²) in [6, 6.07) is 0.347. The number of nitrogens with zero attached hydrogens (tertiary/aromatic N) is 2. The smallest absolute Gasteiger partial charge is 0.226 e. The number of rotatable bonds is 4. The minimum absolute atomic E-state index is 0.100. The van der Waals surface area contributed by atoms with Crippen molar-refractivity contribution in [3.63, 3.8) is 0 Å². The zero-order valence-corrected chi connectivity index (χ0v) is 15.5. The quantitative estimate of drug-likeness (QED) is 0.893. The number of carbonyl (C=O) groups excluding carboxylic acids is 1. The average Bonchev–Trinajstić information content (AvgIpc) is 3.39. The zero-order valence-electron chi connectivity index (χ0n) is 15.5. The molecule has 6 heteroatoms. The van der Waals surface area contributed by atoms with Crippen molar-refractivity contribution in [1.29, 1.82) is 0 Å². The van der Waals surface area contributed by atoms with Crippen LogP contribution in [0.15, 0.2) is 10.8 Å². The Morgan fingerprint density at radius 2 is 2.12 bits per heavy atom. The summed E-state index contributed by atoms with van der Waals surface area (Å²) < 4.78 is 10.9. The molecule has 6 unspecified atom stereocenters. The molecule has 1 N–H and O–H groups in total. The highest BCUT2D eigenvalue weighted by atomic mass is 16.5. The van der Waals surface area contributed by atoms with Crippen LogP contribution in [0, 0.1) is 24.7 Å². The molecule has 3 aliphatic heterocycles. The molecule has 142 valence electrons. The summed E-state index contributed by atoms with van der Waals surface area (Å²) in [5, 5.41) is 7.35. The molecule has 26 heavy (non-hydrogen) atoms. The topological polar surface area (TPSA) is 67.6 Å². The zero-order chi connectivity index (χ0) is 17.7. The number of aryl methyl sites for hydroxylation is 1. The molecule has 4 fully saturated rings. The van der Waals surface area contributed by atoms with E-state index in [1.54, 1.807) is 6.26 Å². The van der Waals surface area contributed by atoms with Crippen molar-refractivity contribution in [1.82, 2.24) is 15.4 Å². The van der Waals surface area contributed by atoms with Gasteiger partial charge in [-0.15, -0.1) is 0 Å². The summed E-state index contributed by atoms with van der Waals surface area (Å²) in [6.45, 7) is 5.23. The number of fused-ring (bicyclic) bond motifs is 3. The highest BCUT2D eigenvalue weighted by molar-refractivity contribution is 5.80. The predicted octanol–water partition coefficient (Wildman–Crippen LogP) is 2.27. The first-order valence-electron chi connectivity index (χ1n) is 10.2. The Hall–Kier alpha value is -1.40. The molecule has 0 aromatic carbocycles. The van der Waals surface area contributed by atoms with Gasteiger partial charge in [-0.1, -0.05) is 5.16 Å². The lowest BCUT2D eigenvalue weighted by molar-refractivity contribution is -0.127. The normalized spacial score (nSPS) is 39.3. The molecule has 6 nitrogen and oxygen atoms in total. The van der Waals surface area contributed by atoms with E-state index in [9.17, 15) is 4.79 Å². The lowest BCUT2D eigenvalue weighted by Crippen LogP contribution is -2.45. The maximum Gasteiger partial charge on any atom is 0.226 e. The van der Waals surface area contributed by atoms with Crippen LogP contribution in [0.4, 0.5) is 0 Å². The van der Waals surface area contributed by atoms with Crippen LogP contribution in [0.25, 0.3) is 0 Å². The van der Waals surface area contributed by atoms with E-state index in [0.717, 1.165) is 63.4 Å². The number of ether oxygens (including phenoxy) is 1. The Labute approximate surface area is 154 Å². The van der Waals surface area contributed by atoms with Crippen molar-refractivity contribution in [2.45, 2.75) is 70.2 Å². The number of likely N-dealkylation sites (tertiary alicyclic amines) is 1. The molecule has 0 radical (unpaired) electrons. The van der Waals surface area contributed by atoms with Gasteiger partial charge in [-0.2, -0.15) is 0 Å². The van der Waals surface area contributed by atoms with Crippen LogP contribution in [-0.2, 0) is 16.1 Å². The Morgan fingerprint density at radius 1 is 1.23 bits per heavy atom. The van der Waals surface area contributed by atoms with E-state index in [4.69, 9.17) is 9.26 Å². The molecule has 0 spiro atoms. The second-order valence-corrected chi connectivity index (χ2v) is 8.87. The summed E-state index contributed by atoms with van der Waals surface area (Å²) in [4.78, 5) is 15.2. The van der Waals surface area contributed by atoms with Gasteiger partial charge in [0.2, 0.25) is 5.91 Å². The third kappa shape index (κ3) is 3.07. The van der Waals surface area contributed by atoms with Gasteiger partial charge < -0.3 is 14.6 Å². The van der Waals surface area contributed by atoms with Crippen molar-refractivity contribution in [2.24, 2.45) is 17.8 Å². The van der Waals surface area contributed by atoms with Gasteiger partial charge in [0, 0.05) is 31.2 Å². The summed E-state index contributed by atoms with van der Waals surface area (Å²) in [5.41, 5.74) is 2.20. The molecule has 4 heterocycles. The number of hydrogen-bond acceptors (Lipinski definition) is 5. The number of aromatic nitrogens is 1. The molecular formula is C20H29N3O3. The fourth-order valence-electron chi connectivity index (χ4n) is 5.72. The van der Waals surface area contributed by atoms with Crippen molar-refractivity contribution in [3.05, 3.63) is 17.5 Å². The molecule has 1 amide bonds. The van der Waals surface area contributed by atoms with E-state index in [1.807, 2.05) is 6.92 Å². The molecule has 1 aromatic rings. The molecule has 4 aliphatic rings. The number of hydrogen-bond donors (Lipinski definition) is 1. The number of amides is 1. The predicted molar refractivity (Wildman–Crippen MR) is 95.3 cm³/mol. The lowest BCUT2D eigenvalue weighted by Gasteiger charge is -2.32. The summed E-state index contributed by atoms with van der Waals surface area (Å²) >= 11 is 0. The summed E-state index contributed by atoms with van der Waals surface area (Å²) in [7, 11) is 0. The van der Waals surface area contributed by atoms with E-state index >= 15 is 0 Å². The minimum Gasteiger partial charge on any atom is -0.374 e. The van der Waals surface area contributed by atoms with Gasteiger partial charge in [0.05, 0.1) is 23.8 Å². The average molecular weight is 359 g/mol. The number of nitrogens with one attached hydrogen (secondary N) is 1. The van der Waals surface area contributed by atoms with Crippen molar-refractivity contribution in [3.8, 4) is 0 Å². The van der Waals surface area contributed by atoms with E-state index in [-0.39, 0.29) is 17.9 Å². The maximum atomic E-state index is 12.7. The van der Waals surface area contributed by atoms with E-state index in [0.29, 0.717) is 18.1 Å². The maximum absolute atomic E-state index is 12.7.